The molecule has 3 heteroatoms. The topological polar surface area (TPSA) is 21.3 Å². The van der Waals surface area contributed by atoms with E-state index in [0.717, 1.165) is 72.5 Å². The summed E-state index contributed by atoms with van der Waals surface area (Å²) >= 11 is 0. The smallest absolute Gasteiger partial charge is 0.143 e. The fourth-order valence-corrected chi connectivity index (χ4v) is 10.5. The molecule has 0 aliphatic rings. The van der Waals surface area contributed by atoms with Gasteiger partial charge in [-0.1, -0.05) is 218 Å². The van der Waals surface area contributed by atoms with Gasteiger partial charge in [0.2, 0.25) is 0 Å². The zero-order valence-electron chi connectivity index (χ0n) is 37.7. The van der Waals surface area contributed by atoms with Crippen LogP contribution in [0.15, 0.2) is 271 Å². The number of fused-ring (bicyclic) bond motifs is 6. The largest absolute Gasteiger partial charge is 0.455 e. The molecule has 0 unspecified atom stereocenters. The van der Waals surface area contributed by atoms with E-state index in [2.05, 4.69) is 270 Å². The highest BCUT2D eigenvalue weighted by atomic mass is 16.3. The lowest BCUT2D eigenvalue weighted by atomic mass is 9.93. The van der Waals surface area contributed by atoms with Gasteiger partial charge in [-0.05, 0) is 81.9 Å². The quantitative estimate of drug-likeness (QED) is 0.144. The molecule has 13 rings (SSSR count). The van der Waals surface area contributed by atoms with Crippen LogP contribution in [0.5, 0.6) is 0 Å². The van der Waals surface area contributed by atoms with E-state index in [0.29, 0.717) is 0 Å². The van der Waals surface area contributed by atoms with Gasteiger partial charge in [0.25, 0.3) is 0 Å². The second-order valence-corrected chi connectivity index (χ2v) is 17.6. The first-order valence-corrected chi connectivity index (χ1v) is 23.6. The number of para-hydroxylation sites is 7. The second-order valence-electron chi connectivity index (χ2n) is 17.6. The minimum absolute atomic E-state index is 0.879. The van der Waals surface area contributed by atoms with Crippen LogP contribution in [0.3, 0.4) is 0 Å². The molecule has 0 radical (unpaired) electrons. The molecule has 0 N–H and O–H groups in total. The zero-order valence-corrected chi connectivity index (χ0v) is 37.7. The van der Waals surface area contributed by atoms with Crippen LogP contribution in [0.2, 0.25) is 0 Å². The van der Waals surface area contributed by atoms with Crippen LogP contribution in [0, 0.1) is 0 Å². The van der Waals surface area contributed by atoms with Crippen molar-refractivity contribution in [2.75, 3.05) is 4.90 Å². The van der Waals surface area contributed by atoms with Crippen molar-refractivity contribution in [1.29, 1.82) is 0 Å². The Kier molecular flexibility index (Phi) is 9.84. The number of benzene rings is 11. The van der Waals surface area contributed by atoms with Crippen molar-refractivity contribution >= 4 is 60.8 Å². The molecule has 11 aromatic carbocycles. The monoisotopic (exact) mass is 880 g/mol. The van der Waals surface area contributed by atoms with Crippen LogP contribution < -0.4 is 4.90 Å². The summed E-state index contributed by atoms with van der Waals surface area (Å²) in [4.78, 5) is 2.42. The van der Waals surface area contributed by atoms with Gasteiger partial charge in [0.1, 0.15) is 11.2 Å². The summed E-state index contributed by atoms with van der Waals surface area (Å²) in [6.45, 7) is 0. The summed E-state index contributed by atoms with van der Waals surface area (Å²) in [7, 11) is 0. The Balaban J connectivity index is 0.969. The van der Waals surface area contributed by atoms with Gasteiger partial charge in [-0.3, -0.25) is 0 Å². The highest BCUT2D eigenvalue weighted by Crippen LogP contribution is 2.48. The van der Waals surface area contributed by atoms with Crippen LogP contribution in [0.4, 0.5) is 17.1 Å². The van der Waals surface area contributed by atoms with Gasteiger partial charge in [0, 0.05) is 49.5 Å². The molecule has 2 heterocycles. The average Bonchev–Trinajstić information content (AvgIpc) is 3.98. The molecule has 0 aliphatic carbocycles. The van der Waals surface area contributed by atoms with Crippen LogP contribution in [0.25, 0.3) is 105 Å². The molecule has 0 atom stereocenters. The van der Waals surface area contributed by atoms with Crippen molar-refractivity contribution in [2.24, 2.45) is 0 Å². The maximum absolute atomic E-state index is 6.69. The molecule has 2 aromatic heterocycles. The minimum atomic E-state index is 0.879. The Labute approximate surface area is 401 Å². The van der Waals surface area contributed by atoms with E-state index in [1.54, 1.807) is 0 Å². The minimum Gasteiger partial charge on any atom is -0.455 e. The van der Waals surface area contributed by atoms with Crippen LogP contribution in [-0.2, 0) is 0 Å². The maximum atomic E-state index is 6.69. The Bertz CT molecular complexity index is 3960. The standard InChI is InChI=1S/C66H44N2O/c1-2-19-45(20-3-1)46-37-39-48(40-38-46)51-22-6-12-31-60(51)67(61-32-13-10-27-56(61)58-29-18-30-59-57-28-11-17-36-65(57)69-66(58)59)49-43-41-47(42-44-49)50-21-4-5-23-52(50)53-24-7-14-33-62(53)68-63-34-15-8-25-54(63)55-26-9-16-35-64(55)68/h1-44H. The normalized spacial score (nSPS) is 11.5. The van der Waals surface area contributed by atoms with Crippen molar-refractivity contribution in [3.63, 3.8) is 0 Å². The zero-order chi connectivity index (χ0) is 45.7. The van der Waals surface area contributed by atoms with Crippen molar-refractivity contribution in [3.8, 4) is 61.3 Å². The number of hydrogen-bond acceptors (Lipinski definition) is 2. The first kappa shape index (κ1) is 40.1. The van der Waals surface area contributed by atoms with Crippen LogP contribution in [-0.4, -0.2) is 4.57 Å². The fraction of sp³-hybridized carbons (Fsp3) is 0. The summed E-state index contributed by atoms with van der Waals surface area (Å²) in [5.74, 6) is 0. The third kappa shape index (κ3) is 6.91. The fourth-order valence-electron chi connectivity index (χ4n) is 10.5. The van der Waals surface area contributed by atoms with E-state index < -0.39 is 0 Å². The third-order valence-electron chi connectivity index (χ3n) is 13.7. The summed E-state index contributed by atoms with van der Waals surface area (Å²) in [6.07, 6.45) is 0. The van der Waals surface area contributed by atoms with Gasteiger partial charge < -0.3 is 13.9 Å². The van der Waals surface area contributed by atoms with E-state index in [9.17, 15) is 0 Å². The molecule has 0 saturated carbocycles. The highest BCUT2D eigenvalue weighted by Gasteiger charge is 2.23. The lowest BCUT2D eigenvalue weighted by molar-refractivity contribution is 0.670. The third-order valence-corrected chi connectivity index (χ3v) is 13.7. The van der Waals surface area contributed by atoms with E-state index in [-0.39, 0.29) is 0 Å². The highest BCUT2D eigenvalue weighted by molar-refractivity contribution is 6.12. The second kappa shape index (κ2) is 16.9. The lowest BCUT2D eigenvalue weighted by Crippen LogP contribution is -2.12. The van der Waals surface area contributed by atoms with Crippen molar-refractivity contribution in [2.45, 2.75) is 0 Å². The van der Waals surface area contributed by atoms with E-state index >= 15 is 0 Å². The van der Waals surface area contributed by atoms with Crippen LogP contribution in [0.1, 0.15) is 0 Å². The molecule has 0 spiro atoms. The molecular weight excluding hydrogens is 837 g/mol. The van der Waals surface area contributed by atoms with Crippen LogP contribution >= 0.6 is 0 Å². The summed E-state index contributed by atoms with van der Waals surface area (Å²) in [5, 5.41) is 4.71. The van der Waals surface area contributed by atoms with Gasteiger partial charge in [-0.15, -0.1) is 0 Å². The molecule has 3 nitrogen and oxygen atoms in total. The average molecular weight is 881 g/mol. The number of aromatic nitrogens is 1. The summed E-state index contributed by atoms with van der Waals surface area (Å²) in [5.41, 5.74) is 19.9. The number of furan rings is 1. The summed E-state index contributed by atoms with van der Waals surface area (Å²) < 4.78 is 9.12. The molecule has 13 aromatic rings. The SMILES string of the molecule is c1ccc(-c2ccc(-c3ccccc3N(c3ccc(-c4ccccc4-c4ccccc4-n4c5ccccc5c5ccccc54)cc3)c3ccccc3-c3cccc4c3oc3ccccc34)cc2)cc1. The van der Waals surface area contributed by atoms with Gasteiger partial charge in [-0.2, -0.15) is 0 Å². The van der Waals surface area contributed by atoms with E-state index in [1.165, 1.54) is 49.6 Å². The summed E-state index contributed by atoms with van der Waals surface area (Å²) in [6, 6.07) is 96.0. The molecular formula is C66H44N2O. The van der Waals surface area contributed by atoms with Crippen molar-refractivity contribution in [1.82, 2.24) is 4.57 Å². The van der Waals surface area contributed by atoms with Gasteiger partial charge in [0.15, 0.2) is 0 Å². The molecule has 324 valence electrons. The maximum Gasteiger partial charge on any atom is 0.143 e. The van der Waals surface area contributed by atoms with Gasteiger partial charge in [0.05, 0.1) is 28.1 Å². The Morgan fingerprint density at radius 2 is 0.739 bits per heavy atom. The van der Waals surface area contributed by atoms with Crippen molar-refractivity contribution < 1.29 is 4.42 Å². The molecule has 0 saturated heterocycles. The van der Waals surface area contributed by atoms with Crippen molar-refractivity contribution in [3.05, 3.63) is 267 Å². The Hall–Kier alpha value is -9.18. The number of hydrogen-bond donors (Lipinski definition) is 0. The molecule has 0 amide bonds. The number of rotatable bonds is 9. The number of nitrogens with zero attached hydrogens (tertiary/aromatic N) is 2. The molecule has 0 fully saturated rings. The molecule has 0 bridgehead atoms. The van der Waals surface area contributed by atoms with E-state index in [1.807, 2.05) is 6.07 Å². The first-order valence-electron chi connectivity index (χ1n) is 23.6. The molecule has 69 heavy (non-hydrogen) atoms. The lowest BCUT2D eigenvalue weighted by Gasteiger charge is -2.30. The van der Waals surface area contributed by atoms with E-state index in [4.69, 9.17) is 4.42 Å². The van der Waals surface area contributed by atoms with Gasteiger partial charge in [-0.25, -0.2) is 0 Å². The first-order chi connectivity index (χ1) is 34.3. The Morgan fingerprint density at radius 1 is 0.275 bits per heavy atom. The predicted molar refractivity (Wildman–Crippen MR) is 290 cm³/mol. The van der Waals surface area contributed by atoms with Gasteiger partial charge >= 0.3 is 0 Å². The predicted octanol–water partition coefficient (Wildman–Crippen LogP) is 18.5. The number of anilines is 3. The Morgan fingerprint density at radius 3 is 1.46 bits per heavy atom. The molecule has 0 aliphatic heterocycles.